The quantitative estimate of drug-likeness (QED) is 0.863. The molecular formula is C13H19N3O3. The number of methoxy groups -OCH3 is 1. The Kier molecular flexibility index (Phi) is 4.34. The molecule has 0 fully saturated rings. The van der Waals surface area contributed by atoms with Crippen molar-refractivity contribution in [3.63, 3.8) is 0 Å². The maximum absolute atomic E-state index is 5.52. The molecule has 2 heterocycles. The van der Waals surface area contributed by atoms with E-state index < -0.39 is 0 Å². The van der Waals surface area contributed by atoms with Crippen LogP contribution in [0.3, 0.4) is 0 Å². The molecule has 2 rings (SSSR count). The van der Waals surface area contributed by atoms with Gasteiger partial charge < -0.3 is 19.0 Å². The van der Waals surface area contributed by atoms with E-state index in [-0.39, 0.29) is 6.04 Å². The number of ether oxygens (including phenoxy) is 1. The van der Waals surface area contributed by atoms with E-state index in [4.69, 9.17) is 13.7 Å². The first kappa shape index (κ1) is 13.8. The molecule has 0 radical (unpaired) electrons. The van der Waals surface area contributed by atoms with Crippen molar-refractivity contribution in [2.24, 2.45) is 0 Å². The molecule has 1 atom stereocenters. The minimum absolute atomic E-state index is 0.162. The summed E-state index contributed by atoms with van der Waals surface area (Å²) >= 11 is 0. The van der Waals surface area contributed by atoms with Crippen LogP contribution in [0.25, 0.3) is 0 Å². The SMILES string of the molecule is COCc1noc(CN[C@H](C)c2cc(C)oc2C)n1. The third kappa shape index (κ3) is 3.42. The summed E-state index contributed by atoms with van der Waals surface area (Å²) in [6, 6.07) is 2.20. The minimum atomic E-state index is 0.162. The molecule has 6 nitrogen and oxygen atoms in total. The number of hydrogen-bond acceptors (Lipinski definition) is 6. The van der Waals surface area contributed by atoms with Crippen LogP contribution in [-0.4, -0.2) is 17.3 Å². The molecular weight excluding hydrogens is 246 g/mol. The maximum Gasteiger partial charge on any atom is 0.240 e. The van der Waals surface area contributed by atoms with Crippen molar-refractivity contribution < 1.29 is 13.7 Å². The van der Waals surface area contributed by atoms with Crippen molar-refractivity contribution in [2.75, 3.05) is 7.11 Å². The normalized spacial score (nSPS) is 12.8. The monoisotopic (exact) mass is 265 g/mol. The molecule has 0 spiro atoms. The third-order valence-corrected chi connectivity index (χ3v) is 2.89. The van der Waals surface area contributed by atoms with E-state index in [1.807, 2.05) is 19.9 Å². The van der Waals surface area contributed by atoms with Gasteiger partial charge in [-0.05, 0) is 26.8 Å². The van der Waals surface area contributed by atoms with E-state index in [0.29, 0.717) is 24.9 Å². The van der Waals surface area contributed by atoms with E-state index >= 15 is 0 Å². The highest BCUT2D eigenvalue weighted by Gasteiger charge is 2.13. The zero-order valence-corrected chi connectivity index (χ0v) is 11.7. The van der Waals surface area contributed by atoms with Crippen LogP contribution >= 0.6 is 0 Å². The summed E-state index contributed by atoms with van der Waals surface area (Å²) in [6.45, 7) is 6.85. The standard InChI is InChI=1S/C13H19N3O3/c1-8-5-11(10(3)18-8)9(2)14-6-13-15-12(7-17-4)16-19-13/h5,9,14H,6-7H2,1-4H3/t9-/m1/s1. The molecule has 0 aliphatic carbocycles. The van der Waals surface area contributed by atoms with Gasteiger partial charge in [-0.1, -0.05) is 5.16 Å². The largest absolute Gasteiger partial charge is 0.466 e. The van der Waals surface area contributed by atoms with Gasteiger partial charge in [-0.3, -0.25) is 0 Å². The van der Waals surface area contributed by atoms with Crippen molar-refractivity contribution >= 4 is 0 Å². The Bertz CT molecular complexity index is 533. The van der Waals surface area contributed by atoms with Crippen molar-refractivity contribution in [3.05, 3.63) is 34.9 Å². The summed E-state index contributed by atoms with van der Waals surface area (Å²) in [5.41, 5.74) is 1.15. The second-order valence-corrected chi connectivity index (χ2v) is 4.51. The summed E-state index contributed by atoms with van der Waals surface area (Å²) in [5.74, 6) is 2.96. The smallest absolute Gasteiger partial charge is 0.240 e. The third-order valence-electron chi connectivity index (χ3n) is 2.89. The lowest BCUT2D eigenvalue weighted by Crippen LogP contribution is -2.18. The lowest BCUT2D eigenvalue weighted by atomic mass is 10.1. The van der Waals surface area contributed by atoms with Gasteiger partial charge >= 0.3 is 0 Å². The fourth-order valence-corrected chi connectivity index (χ4v) is 1.98. The minimum Gasteiger partial charge on any atom is -0.466 e. The molecule has 0 saturated carbocycles. The summed E-state index contributed by atoms with van der Waals surface area (Å²) in [4.78, 5) is 4.20. The highest BCUT2D eigenvalue weighted by molar-refractivity contribution is 5.23. The first-order valence-corrected chi connectivity index (χ1v) is 6.21. The maximum atomic E-state index is 5.52. The zero-order chi connectivity index (χ0) is 13.8. The van der Waals surface area contributed by atoms with E-state index in [1.54, 1.807) is 7.11 Å². The highest BCUT2D eigenvalue weighted by Crippen LogP contribution is 2.21. The topological polar surface area (TPSA) is 73.3 Å². The number of aryl methyl sites for hydroxylation is 2. The van der Waals surface area contributed by atoms with Crippen LogP contribution in [0.15, 0.2) is 15.0 Å². The average molecular weight is 265 g/mol. The lowest BCUT2D eigenvalue weighted by Gasteiger charge is -2.10. The molecule has 104 valence electrons. The molecule has 0 amide bonds. The van der Waals surface area contributed by atoms with Crippen LogP contribution in [0.1, 0.15) is 41.8 Å². The summed E-state index contributed by atoms with van der Waals surface area (Å²) in [7, 11) is 1.60. The van der Waals surface area contributed by atoms with Gasteiger partial charge in [-0.15, -0.1) is 0 Å². The Labute approximate surface area is 112 Å². The Morgan fingerprint density at radius 1 is 1.42 bits per heavy atom. The molecule has 0 aliphatic rings. The van der Waals surface area contributed by atoms with Gasteiger partial charge in [0, 0.05) is 18.7 Å². The average Bonchev–Trinajstić information content (AvgIpc) is 2.93. The van der Waals surface area contributed by atoms with Gasteiger partial charge in [0.05, 0.1) is 6.54 Å². The fraction of sp³-hybridized carbons (Fsp3) is 0.538. The molecule has 6 heteroatoms. The number of hydrogen-bond donors (Lipinski definition) is 1. The number of nitrogens with zero attached hydrogens (tertiary/aromatic N) is 2. The fourth-order valence-electron chi connectivity index (χ4n) is 1.98. The second kappa shape index (κ2) is 5.99. The second-order valence-electron chi connectivity index (χ2n) is 4.51. The van der Waals surface area contributed by atoms with Gasteiger partial charge in [-0.25, -0.2) is 0 Å². The van der Waals surface area contributed by atoms with Gasteiger partial charge in [0.2, 0.25) is 5.89 Å². The van der Waals surface area contributed by atoms with Gasteiger partial charge in [0.25, 0.3) is 0 Å². The molecule has 1 N–H and O–H groups in total. The predicted molar refractivity (Wildman–Crippen MR) is 68.4 cm³/mol. The predicted octanol–water partition coefficient (Wildman–Crippen LogP) is 2.28. The molecule has 0 saturated heterocycles. The van der Waals surface area contributed by atoms with E-state index in [1.165, 1.54) is 0 Å². The van der Waals surface area contributed by atoms with Crippen molar-refractivity contribution in [3.8, 4) is 0 Å². The van der Waals surface area contributed by atoms with Crippen LogP contribution in [0.4, 0.5) is 0 Å². The van der Waals surface area contributed by atoms with Crippen LogP contribution in [0.2, 0.25) is 0 Å². The Balaban J connectivity index is 1.92. The van der Waals surface area contributed by atoms with Gasteiger partial charge in [0.1, 0.15) is 18.1 Å². The first-order chi connectivity index (χ1) is 9.10. The summed E-state index contributed by atoms with van der Waals surface area (Å²) < 4.78 is 15.6. The van der Waals surface area contributed by atoms with E-state index in [9.17, 15) is 0 Å². The van der Waals surface area contributed by atoms with Crippen molar-refractivity contribution in [1.29, 1.82) is 0 Å². The molecule has 2 aromatic heterocycles. The van der Waals surface area contributed by atoms with Crippen LogP contribution in [-0.2, 0) is 17.9 Å². The highest BCUT2D eigenvalue weighted by atomic mass is 16.5. The molecule has 0 aliphatic heterocycles. The molecule has 0 unspecified atom stereocenters. The van der Waals surface area contributed by atoms with Crippen molar-refractivity contribution in [2.45, 2.75) is 40.0 Å². The number of nitrogens with one attached hydrogen (secondary N) is 1. The van der Waals surface area contributed by atoms with Crippen LogP contribution in [0, 0.1) is 13.8 Å². The summed E-state index contributed by atoms with van der Waals surface area (Å²) in [5, 5.41) is 7.14. The van der Waals surface area contributed by atoms with Crippen LogP contribution < -0.4 is 5.32 Å². The Morgan fingerprint density at radius 2 is 2.21 bits per heavy atom. The van der Waals surface area contributed by atoms with E-state index in [0.717, 1.165) is 17.1 Å². The zero-order valence-electron chi connectivity index (χ0n) is 11.7. The molecule has 2 aromatic rings. The lowest BCUT2D eigenvalue weighted by molar-refractivity contribution is 0.174. The Hall–Kier alpha value is -1.66. The van der Waals surface area contributed by atoms with Gasteiger partial charge in [0.15, 0.2) is 5.82 Å². The van der Waals surface area contributed by atoms with E-state index in [2.05, 4.69) is 22.4 Å². The Morgan fingerprint density at radius 3 is 2.84 bits per heavy atom. The van der Waals surface area contributed by atoms with Crippen LogP contribution in [0.5, 0.6) is 0 Å². The number of rotatable bonds is 6. The molecule has 19 heavy (non-hydrogen) atoms. The first-order valence-electron chi connectivity index (χ1n) is 6.21. The van der Waals surface area contributed by atoms with Crippen molar-refractivity contribution in [1.82, 2.24) is 15.5 Å². The summed E-state index contributed by atoms with van der Waals surface area (Å²) in [6.07, 6.45) is 0. The number of furan rings is 1. The number of aromatic nitrogens is 2. The molecule has 0 bridgehead atoms. The molecule has 0 aromatic carbocycles. The van der Waals surface area contributed by atoms with Gasteiger partial charge in [-0.2, -0.15) is 4.98 Å².